The molecule has 1 aliphatic rings. The van der Waals surface area contributed by atoms with Crippen molar-refractivity contribution in [3.05, 3.63) is 88.0 Å². The molecule has 3 nitrogen and oxygen atoms in total. The van der Waals surface area contributed by atoms with Gasteiger partial charge in [0.2, 0.25) is 0 Å². The third-order valence-electron chi connectivity index (χ3n) is 4.18. The molecule has 22 heavy (non-hydrogen) atoms. The van der Waals surface area contributed by atoms with Gasteiger partial charge in [0.15, 0.2) is 0 Å². The molecule has 0 spiro atoms. The molecule has 3 heteroatoms. The van der Waals surface area contributed by atoms with E-state index in [1.165, 1.54) is 28.3 Å². The van der Waals surface area contributed by atoms with Crippen molar-refractivity contribution in [1.29, 1.82) is 0 Å². The Morgan fingerprint density at radius 1 is 0.773 bits per heavy atom. The fourth-order valence-corrected chi connectivity index (χ4v) is 3.12. The van der Waals surface area contributed by atoms with E-state index in [9.17, 15) is 10.1 Å². The molecule has 106 valence electrons. The van der Waals surface area contributed by atoms with Gasteiger partial charge >= 0.3 is 0 Å². The largest absolute Gasteiger partial charge is 0.270 e. The molecule has 0 aliphatic heterocycles. The second kappa shape index (κ2) is 4.81. The monoisotopic (exact) mass is 287 g/mol. The van der Waals surface area contributed by atoms with Gasteiger partial charge in [0.1, 0.15) is 0 Å². The Labute approximate surface area is 128 Å². The summed E-state index contributed by atoms with van der Waals surface area (Å²) in [5.41, 5.74) is 7.22. The Balaban J connectivity index is 1.79. The maximum Gasteiger partial charge on any atom is 0.270 e. The summed E-state index contributed by atoms with van der Waals surface area (Å²) >= 11 is 0. The van der Waals surface area contributed by atoms with Crippen LogP contribution in [0.25, 0.3) is 22.3 Å². The zero-order valence-corrected chi connectivity index (χ0v) is 11.8. The number of non-ortho nitro benzene ring substituents is 1. The first kappa shape index (κ1) is 12.8. The van der Waals surface area contributed by atoms with E-state index in [-0.39, 0.29) is 10.6 Å². The lowest BCUT2D eigenvalue weighted by atomic mass is 9.99. The van der Waals surface area contributed by atoms with Gasteiger partial charge in [-0.15, -0.1) is 0 Å². The Morgan fingerprint density at radius 3 is 2.41 bits per heavy atom. The molecule has 1 aliphatic carbocycles. The minimum atomic E-state index is -0.354. The highest BCUT2D eigenvalue weighted by Gasteiger charge is 2.18. The molecule has 0 saturated heterocycles. The second-order valence-corrected chi connectivity index (χ2v) is 5.51. The van der Waals surface area contributed by atoms with Crippen LogP contribution in [0.3, 0.4) is 0 Å². The molecule has 0 heterocycles. The highest BCUT2D eigenvalue weighted by atomic mass is 16.6. The summed E-state index contributed by atoms with van der Waals surface area (Å²) < 4.78 is 0. The van der Waals surface area contributed by atoms with Crippen LogP contribution < -0.4 is 0 Å². The molecule has 0 fully saturated rings. The van der Waals surface area contributed by atoms with Gasteiger partial charge in [-0.05, 0) is 39.8 Å². The van der Waals surface area contributed by atoms with Gasteiger partial charge in [0.05, 0.1) is 4.92 Å². The third kappa shape index (κ3) is 1.99. The van der Waals surface area contributed by atoms with Gasteiger partial charge in [-0.2, -0.15) is 0 Å². The van der Waals surface area contributed by atoms with Crippen molar-refractivity contribution in [3.8, 4) is 22.3 Å². The van der Waals surface area contributed by atoms with Gasteiger partial charge in [0.25, 0.3) is 5.69 Å². The Bertz CT molecular complexity index is 899. The number of nitro benzene ring substituents is 1. The Hall–Kier alpha value is -2.94. The zero-order chi connectivity index (χ0) is 15.1. The van der Waals surface area contributed by atoms with Gasteiger partial charge in [-0.25, -0.2) is 0 Å². The molecule has 3 aromatic rings. The molecule has 3 aromatic carbocycles. The normalized spacial score (nSPS) is 11.8. The third-order valence-corrected chi connectivity index (χ3v) is 4.18. The van der Waals surface area contributed by atoms with E-state index in [1.807, 2.05) is 12.1 Å². The maximum atomic E-state index is 10.9. The summed E-state index contributed by atoms with van der Waals surface area (Å²) in [5, 5.41) is 10.9. The molecule has 0 saturated carbocycles. The fraction of sp³-hybridized carbons (Fsp3) is 0.0526. The number of rotatable bonds is 2. The number of benzene rings is 3. The SMILES string of the molecule is O=[N+]([O-])c1cccc(-c2ccc3c(c2)Cc2ccccc2-3)c1. The summed E-state index contributed by atoms with van der Waals surface area (Å²) in [6.07, 6.45) is 0.925. The summed E-state index contributed by atoms with van der Waals surface area (Å²) in [6, 6.07) is 21.5. The van der Waals surface area contributed by atoms with Crippen molar-refractivity contribution < 1.29 is 4.92 Å². The average Bonchev–Trinajstić information content (AvgIpc) is 2.92. The Kier molecular flexibility index (Phi) is 2.79. The van der Waals surface area contributed by atoms with E-state index in [2.05, 4.69) is 36.4 Å². The van der Waals surface area contributed by atoms with Crippen LogP contribution in [0.1, 0.15) is 11.1 Å². The summed E-state index contributed by atoms with van der Waals surface area (Å²) in [7, 11) is 0. The van der Waals surface area contributed by atoms with Gasteiger partial charge in [0, 0.05) is 12.1 Å². The highest BCUT2D eigenvalue weighted by Crippen LogP contribution is 2.38. The van der Waals surface area contributed by atoms with Crippen LogP contribution in [0.4, 0.5) is 5.69 Å². The van der Waals surface area contributed by atoms with Crippen LogP contribution in [0.5, 0.6) is 0 Å². The molecule has 4 rings (SSSR count). The summed E-state index contributed by atoms with van der Waals surface area (Å²) in [5.74, 6) is 0. The van der Waals surface area contributed by atoms with Crippen molar-refractivity contribution >= 4 is 5.69 Å². The van der Waals surface area contributed by atoms with Crippen molar-refractivity contribution in [1.82, 2.24) is 0 Å². The molecule has 0 N–H and O–H groups in total. The first-order chi connectivity index (χ1) is 10.7. The van der Waals surface area contributed by atoms with Crippen LogP contribution >= 0.6 is 0 Å². The molecule has 0 aromatic heterocycles. The standard InChI is InChI=1S/C19H13NO2/c21-20(22)17-6-3-5-13(12-17)14-8-9-19-16(10-14)11-15-4-1-2-7-18(15)19/h1-10,12H,11H2. The maximum absolute atomic E-state index is 10.9. The lowest BCUT2D eigenvalue weighted by molar-refractivity contribution is -0.384. The van der Waals surface area contributed by atoms with Gasteiger partial charge < -0.3 is 0 Å². The molecule has 0 bridgehead atoms. The number of nitro groups is 1. The van der Waals surface area contributed by atoms with E-state index in [0.29, 0.717) is 0 Å². The van der Waals surface area contributed by atoms with Gasteiger partial charge in [-0.1, -0.05) is 54.6 Å². The lowest BCUT2D eigenvalue weighted by Crippen LogP contribution is -1.89. The molecule has 0 unspecified atom stereocenters. The van der Waals surface area contributed by atoms with Crippen LogP contribution in [0, 0.1) is 10.1 Å². The highest BCUT2D eigenvalue weighted by molar-refractivity contribution is 5.80. The number of hydrogen-bond donors (Lipinski definition) is 0. The second-order valence-electron chi connectivity index (χ2n) is 5.51. The zero-order valence-electron chi connectivity index (χ0n) is 11.8. The van der Waals surface area contributed by atoms with Crippen LogP contribution in [-0.4, -0.2) is 4.92 Å². The predicted molar refractivity (Wildman–Crippen MR) is 86.8 cm³/mol. The molecule has 0 atom stereocenters. The quantitative estimate of drug-likeness (QED) is 0.391. The van der Waals surface area contributed by atoms with E-state index in [1.54, 1.807) is 12.1 Å². The fourth-order valence-electron chi connectivity index (χ4n) is 3.12. The molecular formula is C19H13NO2. The van der Waals surface area contributed by atoms with Gasteiger partial charge in [-0.3, -0.25) is 10.1 Å². The molecule has 0 amide bonds. The minimum Gasteiger partial charge on any atom is -0.258 e. The summed E-state index contributed by atoms with van der Waals surface area (Å²) in [6.45, 7) is 0. The average molecular weight is 287 g/mol. The van der Waals surface area contributed by atoms with E-state index in [4.69, 9.17) is 0 Å². The predicted octanol–water partition coefficient (Wildman–Crippen LogP) is 4.83. The van der Waals surface area contributed by atoms with Crippen LogP contribution in [0.15, 0.2) is 66.7 Å². The van der Waals surface area contributed by atoms with Crippen molar-refractivity contribution in [2.24, 2.45) is 0 Å². The lowest BCUT2D eigenvalue weighted by Gasteiger charge is -2.06. The topological polar surface area (TPSA) is 43.1 Å². The number of nitrogens with zero attached hydrogens (tertiary/aromatic N) is 1. The van der Waals surface area contributed by atoms with Crippen molar-refractivity contribution in [3.63, 3.8) is 0 Å². The van der Waals surface area contributed by atoms with E-state index in [0.717, 1.165) is 17.5 Å². The molecule has 0 radical (unpaired) electrons. The smallest absolute Gasteiger partial charge is 0.258 e. The first-order valence-electron chi connectivity index (χ1n) is 7.18. The number of fused-ring (bicyclic) bond motifs is 3. The minimum absolute atomic E-state index is 0.126. The Morgan fingerprint density at radius 2 is 1.55 bits per heavy atom. The van der Waals surface area contributed by atoms with Crippen LogP contribution in [-0.2, 0) is 6.42 Å². The molecular weight excluding hydrogens is 274 g/mol. The number of hydrogen-bond acceptors (Lipinski definition) is 2. The first-order valence-corrected chi connectivity index (χ1v) is 7.18. The van der Waals surface area contributed by atoms with Crippen molar-refractivity contribution in [2.75, 3.05) is 0 Å². The summed E-state index contributed by atoms with van der Waals surface area (Å²) in [4.78, 5) is 10.6. The van der Waals surface area contributed by atoms with E-state index < -0.39 is 0 Å². The van der Waals surface area contributed by atoms with E-state index >= 15 is 0 Å². The van der Waals surface area contributed by atoms with Crippen molar-refractivity contribution in [2.45, 2.75) is 6.42 Å². The van der Waals surface area contributed by atoms with Crippen LogP contribution in [0.2, 0.25) is 0 Å².